The normalized spacial score (nSPS) is 10.7. The molecule has 0 aliphatic rings. The van der Waals surface area contributed by atoms with Crippen molar-refractivity contribution >= 4 is 28.6 Å². The van der Waals surface area contributed by atoms with Gasteiger partial charge in [-0.25, -0.2) is 4.39 Å². The lowest BCUT2D eigenvalue weighted by Crippen LogP contribution is -2.16. The van der Waals surface area contributed by atoms with Gasteiger partial charge >= 0.3 is 0 Å². The van der Waals surface area contributed by atoms with Crippen molar-refractivity contribution in [1.29, 1.82) is 0 Å². The Morgan fingerprint density at radius 2 is 1.90 bits per heavy atom. The maximum Gasteiger partial charge on any atom is 0.285 e. The number of aryl methyl sites for hydroxylation is 2. The van der Waals surface area contributed by atoms with Gasteiger partial charge in [0.15, 0.2) is 0 Å². The number of hydrogen-bond acceptors (Lipinski definition) is 6. The van der Waals surface area contributed by atoms with Gasteiger partial charge in [-0.05, 0) is 66.7 Å². The first kappa shape index (κ1) is 21.5. The monoisotopic (exact) mass is 428 g/mol. The van der Waals surface area contributed by atoms with Gasteiger partial charge < -0.3 is 14.7 Å². The van der Waals surface area contributed by atoms with E-state index in [1.165, 1.54) is 11.0 Å². The Labute approximate surface area is 177 Å². The Balaban J connectivity index is 1.52. The second-order valence-electron chi connectivity index (χ2n) is 6.81. The highest BCUT2D eigenvalue weighted by molar-refractivity contribution is 8.13. The standard InChI is InChI=1S/C21H21FN4O3S/c1-13-12-14(4-9-17(13)22)20-24-19(29-25-20)11-10-18(27)23-15-5-7-16(8-6-15)30-21(28)26(2)3/h4-9,12H,10-11H2,1-3H3,(H,23,27). The van der Waals surface area contributed by atoms with Crippen molar-refractivity contribution in [3.8, 4) is 11.4 Å². The molecule has 0 atom stereocenters. The number of carbonyl (C=O) groups is 2. The molecule has 2 amide bonds. The number of rotatable bonds is 6. The van der Waals surface area contributed by atoms with E-state index in [1.807, 2.05) is 0 Å². The molecule has 0 aliphatic heterocycles. The van der Waals surface area contributed by atoms with E-state index in [-0.39, 0.29) is 29.8 Å². The van der Waals surface area contributed by atoms with Crippen LogP contribution in [0, 0.1) is 12.7 Å². The lowest BCUT2D eigenvalue weighted by Gasteiger charge is -2.09. The number of amides is 2. The highest BCUT2D eigenvalue weighted by atomic mass is 32.2. The molecule has 3 rings (SSSR count). The van der Waals surface area contributed by atoms with Gasteiger partial charge in [0, 0.05) is 43.1 Å². The van der Waals surface area contributed by atoms with E-state index in [0.717, 1.165) is 16.7 Å². The van der Waals surface area contributed by atoms with Crippen molar-refractivity contribution in [1.82, 2.24) is 15.0 Å². The van der Waals surface area contributed by atoms with Crippen LogP contribution in [0.3, 0.4) is 0 Å². The van der Waals surface area contributed by atoms with Gasteiger partial charge in [0.25, 0.3) is 5.24 Å². The maximum atomic E-state index is 13.4. The lowest BCUT2D eigenvalue weighted by molar-refractivity contribution is -0.116. The van der Waals surface area contributed by atoms with E-state index in [1.54, 1.807) is 57.4 Å². The molecule has 0 bridgehead atoms. The zero-order chi connectivity index (χ0) is 21.7. The van der Waals surface area contributed by atoms with Crippen LogP contribution in [0.1, 0.15) is 17.9 Å². The second-order valence-corrected chi connectivity index (χ2v) is 7.84. The summed E-state index contributed by atoms with van der Waals surface area (Å²) in [5, 5.41) is 6.62. The Bertz CT molecular complexity index is 1050. The number of aromatic nitrogens is 2. The molecule has 0 spiro atoms. The minimum absolute atomic E-state index is 0.0680. The van der Waals surface area contributed by atoms with Crippen LogP contribution in [0.15, 0.2) is 51.9 Å². The summed E-state index contributed by atoms with van der Waals surface area (Å²) in [6.45, 7) is 1.66. The smallest absolute Gasteiger partial charge is 0.285 e. The Hall–Kier alpha value is -3.20. The van der Waals surface area contributed by atoms with Crippen molar-refractivity contribution in [2.75, 3.05) is 19.4 Å². The largest absolute Gasteiger partial charge is 0.339 e. The summed E-state index contributed by atoms with van der Waals surface area (Å²) in [6, 6.07) is 11.6. The van der Waals surface area contributed by atoms with Crippen LogP contribution in [0.2, 0.25) is 0 Å². The predicted octanol–water partition coefficient (Wildman–Crippen LogP) is 4.53. The fraction of sp³-hybridized carbons (Fsp3) is 0.238. The average molecular weight is 428 g/mol. The second kappa shape index (κ2) is 9.53. The molecule has 0 fully saturated rings. The number of carbonyl (C=O) groups excluding carboxylic acids is 2. The SMILES string of the molecule is Cc1cc(-c2noc(CCC(=O)Nc3ccc(SC(=O)N(C)C)cc3)n2)ccc1F. The number of benzene rings is 2. The van der Waals surface area contributed by atoms with Gasteiger partial charge in [0.2, 0.25) is 17.6 Å². The van der Waals surface area contributed by atoms with Crippen LogP contribution in [0.25, 0.3) is 11.4 Å². The van der Waals surface area contributed by atoms with Crippen LogP contribution in [0.4, 0.5) is 14.9 Å². The fourth-order valence-corrected chi connectivity index (χ4v) is 3.16. The Morgan fingerprint density at radius 1 is 1.17 bits per heavy atom. The molecule has 0 unspecified atom stereocenters. The van der Waals surface area contributed by atoms with E-state index in [0.29, 0.717) is 28.5 Å². The van der Waals surface area contributed by atoms with Gasteiger partial charge in [0.1, 0.15) is 5.82 Å². The molecule has 0 radical (unpaired) electrons. The molecule has 1 N–H and O–H groups in total. The first-order valence-electron chi connectivity index (χ1n) is 9.20. The topological polar surface area (TPSA) is 88.3 Å². The summed E-state index contributed by atoms with van der Waals surface area (Å²) in [6.07, 6.45) is 0.448. The van der Waals surface area contributed by atoms with Crippen molar-refractivity contribution in [2.45, 2.75) is 24.7 Å². The molecule has 0 saturated heterocycles. The zero-order valence-corrected chi connectivity index (χ0v) is 17.6. The number of nitrogens with one attached hydrogen (secondary N) is 1. The molecule has 3 aromatic rings. The summed E-state index contributed by atoms with van der Waals surface area (Å²) in [4.78, 5) is 30.4. The predicted molar refractivity (Wildman–Crippen MR) is 113 cm³/mol. The summed E-state index contributed by atoms with van der Waals surface area (Å²) >= 11 is 1.11. The summed E-state index contributed by atoms with van der Waals surface area (Å²) in [7, 11) is 3.38. The maximum absolute atomic E-state index is 13.4. The van der Waals surface area contributed by atoms with Crippen LogP contribution in [-0.2, 0) is 11.2 Å². The molecule has 0 saturated carbocycles. The number of halogens is 1. The number of anilines is 1. The Kier molecular flexibility index (Phi) is 6.83. The van der Waals surface area contributed by atoms with Crippen LogP contribution < -0.4 is 5.32 Å². The summed E-state index contributed by atoms with van der Waals surface area (Å²) in [5.74, 6) is 0.192. The van der Waals surface area contributed by atoms with Crippen molar-refractivity contribution in [2.24, 2.45) is 0 Å². The molecular formula is C21H21FN4O3S. The van der Waals surface area contributed by atoms with Gasteiger partial charge in [-0.2, -0.15) is 4.98 Å². The molecule has 156 valence electrons. The first-order chi connectivity index (χ1) is 14.3. The summed E-state index contributed by atoms with van der Waals surface area (Å²) in [5.41, 5.74) is 1.78. The third-order valence-electron chi connectivity index (χ3n) is 4.16. The zero-order valence-electron chi connectivity index (χ0n) is 16.8. The molecular weight excluding hydrogens is 407 g/mol. The molecule has 9 heteroatoms. The number of thioether (sulfide) groups is 1. The van der Waals surface area contributed by atoms with E-state index in [4.69, 9.17) is 4.52 Å². The highest BCUT2D eigenvalue weighted by Crippen LogP contribution is 2.23. The van der Waals surface area contributed by atoms with E-state index < -0.39 is 0 Å². The minimum atomic E-state index is -0.296. The van der Waals surface area contributed by atoms with E-state index >= 15 is 0 Å². The van der Waals surface area contributed by atoms with Gasteiger partial charge in [-0.15, -0.1) is 0 Å². The van der Waals surface area contributed by atoms with E-state index in [9.17, 15) is 14.0 Å². The van der Waals surface area contributed by atoms with Crippen LogP contribution in [-0.4, -0.2) is 40.3 Å². The molecule has 30 heavy (non-hydrogen) atoms. The molecule has 1 heterocycles. The molecule has 0 aliphatic carbocycles. The van der Waals surface area contributed by atoms with Crippen molar-refractivity contribution in [3.05, 3.63) is 59.7 Å². The highest BCUT2D eigenvalue weighted by Gasteiger charge is 2.12. The van der Waals surface area contributed by atoms with E-state index in [2.05, 4.69) is 15.5 Å². The lowest BCUT2D eigenvalue weighted by atomic mass is 10.1. The number of hydrogen-bond donors (Lipinski definition) is 1. The third-order valence-corrected chi connectivity index (χ3v) is 5.21. The quantitative estimate of drug-likeness (QED) is 0.581. The molecule has 1 aromatic heterocycles. The van der Waals surface area contributed by atoms with Crippen molar-refractivity contribution < 1.29 is 18.5 Å². The van der Waals surface area contributed by atoms with Gasteiger partial charge in [-0.1, -0.05) is 5.16 Å². The van der Waals surface area contributed by atoms with Crippen molar-refractivity contribution in [3.63, 3.8) is 0 Å². The van der Waals surface area contributed by atoms with Crippen LogP contribution >= 0.6 is 11.8 Å². The fourth-order valence-electron chi connectivity index (χ4n) is 2.50. The number of nitrogens with zero attached hydrogens (tertiary/aromatic N) is 3. The first-order valence-corrected chi connectivity index (χ1v) is 10.0. The van der Waals surface area contributed by atoms with Gasteiger partial charge in [-0.3, -0.25) is 9.59 Å². The van der Waals surface area contributed by atoms with Crippen LogP contribution in [0.5, 0.6) is 0 Å². The average Bonchev–Trinajstić information content (AvgIpc) is 3.19. The summed E-state index contributed by atoms with van der Waals surface area (Å²) < 4.78 is 18.6. The van der Waals surface area contributed by atoms with Gasteiger partial charge in [0.05, 0.1) is 0 Å². The third kappa shape index (κ3) is 5.66. The molecule has 2 aromatic carbocycles. The molecule has 7 nitrogen and oxygen atoms in total. The Morgan fingerprint density at radius 3 is 2.57 bits per heavy atom. The minimum Gasteiger partial charge on any atom is -0.339 e.